The van der Waals surface area contributed by atoms with E-state index in [0.717, 1.165) is 35.0 Å². The highest BCUT2D eigenvalue weighted by molar-refractivity contribution is 5.95. The molecule has 1 amide bonds. The molecule has 0 spiro atoms. The first-order valence-electron chi connectivity index (χ1n) is 8.88. The van der Waals surface area contributed by atoms with Crippen molar-refractivity contribution in [3.8, 4) is 0 Å². The van der Waals surface area contributed by atoms with Crippen LogP contribution in [0.4, 0.5) is 0 Å². The largest absolute Gasteiger partial charge is 0.346 e. The van der Waals surface area contributed by atoms with Crippen molar-refractivity contribution in [3.63, 3.8) is 0 Å². The van der Waals surface area contributed by atoms with E-state index in [-0.39, 0.29) is 29.6 Å². The monoisotopic (exact) mass is 350 g/mol. The van der Waals surface area contributed by atoms with Gasteiger partial charge in [-0.1, -0.05) is 11.6 Å². The summed E-state index contributed by atoms with van der Waals surface area (Å²) in [6.07, 6.45) is 3.80. The summed E-state index contributed by atoms with van der Waals surface area (Å²) < 4.78 is 3.49. The van der Waals surface area contributed by atoms with Gasteiger partial charge in [0.15, 0.2) is 0 Å². The quantitative estimate of drug-likeness (QED) is 0.786. The van der Waals surface area contributed by atoms with Gasteiger partial charge in [0.2, 0.25) is 0 Å². The molecular weight excluding hydrogens is 328 g/mol. The Bertz CT molecular complexity index is 1070. The summed E-state index contributed by atoms with van der Waals surface area (Å²) in [5.74, 6) is -0.339. The van der Waals surface area contributed by atoms with Crippen molar-refractivity contribution in [2.45, 2.75) is 39.3 Å². The number of aromatic nitrogens is 3. The van der Waals surface area contributed by atoms with Gasteiger partial charge in [-0.25, -0.2) is 0 Å². The Morgan fingerprint density at radius 2 is 2.04 bits per heavy atom. The molecule has 1 aromatic carbocycles. The van der Waals surface area contributed by atoms with Gasteiger partial charge in [0.25, 0.3) is 11.5 Å². The van der Waals surface area contributed by atoms with Crippen LogP contribution in [0.25, 0.3) is 10.9 Å². The average molecular weight is 350 g/mol. The zero-order valence-electron chi connectivity index (χ0n) is 15.2. The van der Waals surface area contributed by atoms with E-state index in [1.165, 1.54) is 0 Å². The highest BCUT2D eigenvalue weighted by atomic mass is 16.2. The molecule has 26 heavy (non-hydrogen) atoms. The minimum Gasteiger partial charge on any atom is -0.346 e. The first kappa shape index (κ1) is 16.6. The summed E-state index contributed by atoms with van der Waals surface area (Å²) >= 11 is 0. The van der Waals surface area contributed by atoms with Crippen molar-refractivity contribution in [2.75, 3.05) is 0 Å². The molecule has 6 heteroatoms. The van der Waals surface area contributed by atoms with Gasteiger partial charge in [-0.3, -0.25) is 14.3 Å². The molecule has 3 aromatic rings. The Labute approximate surface area is 151 Å². The predicted molar refractivity (Wildman–Crippen MR) is 100 cm³/mol. The molecule has 0 bridgehead atoms. The lowest BCUT2D eigenvalue weighted by Gasteiger charge is -2.10. The molecule has 1 aliphatic rings. The maximum Gasteiger partial charge on any atom is 0.263 e. The SMILES string of the molecule is Cc1ccc2c(c1)c(CNC(=O)c1c(C)ccn(C3CC3)c1=O)nn2C. The van der Waals surface area contributed by atoms with E-state index < -0.39 is 0 Å². The summed E-state index contributed by atoms with van der Waals surface area (Å²) in [5, 5.41) is 8.42. The van der Waals surface area contributed by atoms with E-state index in [4.69, 9.17) is 0 Å². The lowest BCUT2D eigenvalue weighted by molar-refractivity contribution is 0.0947. The molecule has 134 valence electrons. The van der Waals surface area contributed by atoms with Crippen LogP contribution in [0.5, 0.6) is 0 Å². The van der Waals surface area contributed by atoms with Crippen LogP contribution in [0.15, 0.2) is 35.3 Å². The second-order valence-electron chi connectivity index (χ2n) is 7.09. The molecule has 1 N–H and O–H groups in total. The van der Waals surface area contributed by atoms with E-state index in [1.807, 2.05) is 36.9 Å². The molecule has 0 atom stereocenters. The Morgan fingerprint density at radius 3 is 2.77 bits per heavy atom. The first-order valence-corrected chi connectivity index (χ1v) is 8.88. The van der Waals surface area contributed by atoms with Crippen molar-refractivity contribution >= 4 is 16.8 Å². The lowest BCUT2D eigenvalue weighted by Crippen LogP contribution is -2.33. The van der Waals surface area contributed by atoms with Crippen LogP contribution in [-0.4, -0.2) is 20.3 Å². The van der Waals surface area contributed by atoms with Crippen molar-refractivity contribution in [3.05, 3.63) is 63.2 Å². The smallest absolute Gasteiger partial charge is 0.263 e. The molecule has 4 rings (SSSR count). The van der Waals surface area contributed by atoms with Gasteiger partial charge in [0, 0.05) is 24.7 Å². The number of carbonyl (C=O) groups excluding carboxylic acids is 1. The second-order valence-corrected chi connectivity index (χ2v) is 7.09. The molecule has 0 saturated heterocycles. The van der Waals surface area contributed by atoms with Gasteiger partial charge < -0.3 is 9.88 Å². The summed E-state index contributed by atoms with van der Waals surface area (Å²) in [7, 11) is 1.89. The van der Waals surface area contributed by atoms with Crippen LogP contribution in [0, 0.1) is 13.8 Å². The number of pyridine rings is 1. The van der Waals surface area contributed by atoms with Crippen LogP contribution in [0.1, 0.15) is 46.1 Å². The van der Waals surface area contributed by atoms with Crippen molar-refractivity contribution < 1.29 is 4.79 Å². The number of nitrogens with one attached hydrogen (secondary N) is 1. The molecule has 0 unspecified atom stereocenters. The number of benzene rings is 1. The summed E-state index contributed by atoms with van der Waals surface area (Å²) in [6.45, 7) is 4.12. The zero-order chi connectivity index (χ0) is 18.4. The van der Waals surface area contributed by atoms with Gasteiger partial charge in [0.05, 0.1) is 17.8 Å². The lowest BCUT2D eigenvalue weighted by atomic mass is 10.1. The van der Waals surface area contributed by atoms with Gasteiger partial charge in [-0.05, 0) is 50.5 Å². The van der Waals surface area contributed by atoms with E-state index in [0.29, 0.717) is 5.56 Å². The molecule has 0 aliphatic heterocycles. The summed E-state index contributed by atoms with van der Waals surface area (Å²) in [4.78, 5) is 25.4. The minimum atomic E-state index is -0.339. The molecule has 2 heterocycles. The van der Waals surface area contributed by atoms with E-state index >= 15 is 0 Å². The Kier molecular flexibility index (Phi) is 3.90. The Morgan fingerprint density at radius 1 is 1.27 bits per heavy atom. The number of fused-ring (bicyclic) bond motifs is 1. The van der Waals surface area contributed by atoms with E-state index in [9.17, 15) is 9.59 Å². The number of aryl methyl sites for hydroxylation is 3. The third-order valence-electron chi connectivity index (χ3n) is 4.99. The van der Waals surface area contributed by atoms with Crippen molar-refractivity contribution in [2.24, 2.45) is 7.05 Å². The number of hydrogen-bond acceptors (Lipinski definition) is 3. The predicted octanol–water partition coefficient (Wildman–Crippen LogP) is 2.62. The van der Waals surface area contributed by atoms with Crippen molar-refractivity contribution in [1.29, 1.82) is 0 Å². The molecule has 1 aliphatic carbocycles. The minimum absolute atomic E-state index is 0.202. The summed E-state index contributed by atoms with van der Waals surface area (Å²) in [6, 6.07) is 8.22. The standard InChI is InChI=1S/C20H22N4O2/c1-12-4-7-17-15(10-12)16(22-23(17)3)11-21-19(25)18-13(2)8-9-24(20(18)26)14-5-6-14/h4,7-10,14H,5-6,11H2,1-3H3,(H,21,25). The molecular formula is C20H22N4O2. The number of amides is 1. The average Bonchev–Trinajstić information content (AvgIpc) is 3.38. The molecule has 0 radical (unpaired) electrons. The number of carbonyl (C=O) groups is 1. The fourth-order valence-electron chi connectivity index (χ4n) is 3.39. The molecule has 1 saturated carbocycles. The van der Waals surface area contributed by atoms with Gasteiger partial charge in [-0.15, -0.1) is 0 Å². The van der Waals surface area contributed by atoms with Crippen LogP contribution in [0.2, 0.25) is 0 Å². The Balaban J connectivity index is 1.61. The zero-order valence-corrected chi connectivity index (χ0v) is 15.2. The van der Waals surface area contributed by atoms with Gasteiger partial charge in [0.1, 0.15) is 5.56 Å². The molecule has 2 aromatic heterocycles. The topological polar surface area (TPSA) is 68.9 Å². The first-order chi connectivity index (χ1) is 12.5. The highest BCUT2D eigenvalue weighted by Gasteiger charge is 2.27. The van der Waals surface area contributed by atoms with Crippen LogP contribution in [-0.2, 0) is 13.6 Å². The maximum atomic E-state index is 12.7. The van der Waals surface area contributed by atoms with E-state index in [2.05, 4.69) is 16.5 Å². The second kappa shape index (κ2) is 6.12. The number of rotatable bonds is 4. The third kappa shape index (κ3) is 2.81. The van der Waals surface area contributed by atoms with Gasteiger partial charge in [-0.2, -0.15) is 5.10 Å². The molecule has 6 nitrogen and oxygen atoms in total. The van der Waals surface area contributed by atoms with Gasteiger partial charge >= 0.3 is 0 Å². The molecule has 1 fully saturated rings. The fraction of sp³-hybridized carbons (Fsp3) is 0.350. The third-order valence-corrected chi connectivity index (χ3v) is 4.99. The van der Waals surface area contributed by atoms with Crippen LogP contribution in [0.3, 0.4) is 0 Å². The van der Waals surface area contributed by atoms with Crippen molar-refractivity contribution in [1.82, 2.24) is 19.7 Å². The number of nitrogens with zero attached hydrogens (tertiary/aromatic N) is 3. The number of hydrogen-bond donors (Lipinski definition) is 1. The maximum absolute atomic E-state index is 12.7. The summed E-state index contributed by atoms with van der Waals surface area (Å²) in [5.41, 5.74) is 3.69. The fourth-order valence-corrected chi connectivity index (χ4v) is 3.39. The Hall–Kier alpha value is -2.89. The van der Waals surface area contributed by atoms with E-state index in [1.54, 1.807) is 17.7 Å². The van der Waals surface area contributed by atoms with Crippen LogP contribution < -0.4 is 10.9 Å². The highest BCUT2D eigenvalue weighted by Crippen LogP contribution is 2.33. The van der Waals surface area contributed by atoms with Crippen LogP contribution >= 0.6 is 0 Å². The normalized spacial score (nSPS) is 14.0.